The minimum atomic E-state index is -4.64. The predicted molar refractivity (Wildman–Crippen MR) is 96.7 cm³/mol. The van der Waals surface area contributed by atoms with Gasteiger partial charge in [0.2, 0.25) is 5.91 Å². The number of carbonyl (C=O) groups is 2. The lowest BCUT2D eigenvalue weighted by Crippen LogP contribution is -2.15. The van der Waals surface area contributed by atoms with E-state index < -0.39 is 22.7 Å². The number of halogens is 5. The van der Waals surface area contributed by atoms with Crippen LogP contribution in [0, 0.1) is 0 Å². The Morgan fingerprint density at radius 1 is 1.07 bits per heavy atom. The summed E-state index contributed by atoms with van der Waals surface area (Å²) in [7, 11) is 1.39. The summed E-state index contributed by atoms with van der Waals surface area (Å²) in [5.41, 5.74) is -0.894. The summed E-state index contributed by atoms with van der Waals surface area (Å²) in [5.74, 6) is -0.672. The number of benzene rings is 2. The fourth-order valence-corrected chi connectivity index (χ4v) is 2.70. The molecule has 0 radical (unpaired) electrons. The predicted octanol–water partition coefficient (Wildman–Crippen LogP) is 5.62. The lowest BCUT2D eigenvalue weighted by atomic mass is 10.1. The van der Waals surface area contributed by atoms with Crippen LogP contribution in [0.25, 0.3) is 0 Å². The molecule has 1 amide bonds. The first-order valence-corrected chi connectivity index (χ1v) is 8.40. The number of hydrogen-bond acceptors (Lipinski definition) is 3. The van der Waals surface area contributed by atoms with Gasteiger partial charge in [-0.1, -0.05) is 23.2 Å². The van der Waals surface area contributed by atoms with Crippen molar-refractivity contribution in [3.63, 3.8) is 0 Å². The van der Waals surface area contributed by atoms with E-state index in [-0.39, 0.29) is 29.9 Å². The van der Waals surface area contributed by atoms with Crippen LogP contribution < -0.4 is 10.1 Å². The zero-order chi connectivity index (χ0) is 20.2. The lowest BCUT2D eigenvalue weighted by molar-refractivity contribution is -0.137. The number of rotatable bonds is 6. The smallest absolute Gasteiger partial charge is 0.417 e. The van der Waals surface area contributed by atoms with Gasteiger partial charge in [0, 0.05) is 23.6 Å². The number of anilines is 1. The highest BCUT2D eigenvalue weighted by Crippen LogP contribution is 2.36. The molecule has 0 saturated carbocycles. The summed E-state index contributed by atoms with van der Waals surface area (Å²) in [4.78, 5) is 24.3. The number of alkyl halides is 3. The number of amides is 1. The first-order valence-electron chi connectivity index (χ1n) is 7.65. The van der Waals surface area contributed by atoms with Crippen molar-refractivity contribution in [3.05, 3.63) is 57.6 Å². The van der Waals surface area contributed by atoms with Crippen LogP contribution in [0.5, 0.6) is 5.75 Å². The van der Waals surface area contributed by atoms with Gasteiger partial charge in [0.05, 0.1) is 23.3 Å². The maximum Gasteiger partial charge on any atom is 0.417 e. The van der Waals surface area contributed by atoms with Crippen LogP contribution in [-0.4, -0.2) is 18.8 Å². The molecule has 9 heteroatoms. The fourth-order valence-electron chi connectivity index (χ4n) is 2.30. The number of carbonyl (C=O) groups excluding carboxylic acids is 2. The fraction of sp³-hybridized carbons (Fsp3) is 0.222. The average Bonchev–Trinajstić information content (AvgIpc) is 2.60. The van der Waals surface area contributed by atoms with Crippen molar-refractivity contribution in [2.75, 3.05) is 12.4 Å². The molecule has 0 atom stereocenters. The molecule has 0 fully saturated rings. The summed E-state index contributed by atoms with van der Waals surface area (Å²) >= 11 is 11.4. The summed E-state index contributed by atoms with van der Waals surface area (Å²) in [6.07, 6.45) is -5.03. The van der Waals surface area contributed by atoms with Gasteiger partial charge in [-0.2, -0.15) is 13.2 Å². The summed E-state index contributed by atoms with van der Waals surface area (Å²) < 4.78 is 43.6. The second kappa shape index (κ2) is 8.63. The summed E-state index contributed by atoms with van der Waals surface area (Å²) in [6, 6.07) is 7.54. The van der Waals surface area contributed by atoms with Crippen LogP contribution in [0.1, 0.15) is 28.8 Å². The topological polar surface area (TPSA) is 55.4 Å². The third-order valence-corrected chi connectivity index (χ3v) is 4.16. The summed E-state index contributed by atoms with van der Waals surface area (Å²) in [5, 5.41) is 2.19. The number of methoxy groups -OCH3 is 1. The van der Waals surface area contributed by atoms with E-state index in [1.54, 1.807) is 6.07 Å². The van der Waals surface area contributed by atoms with Gasteiger partial charge in [-0.3, -0.25) is 9.59 Å². The summed E-state index contributed by atoms with van der Waals surface area (Å²) in [6.45, 7) is 0. The molecule has 2 aromatic rings. The van der Waals surface area contributed by atoms with Gasteiger partial charge in [-0.25, -0.2) is 0 Å². The quantitative estimate of drug-likeness (QED) is 0.617. The second-order valence-corrected chi connectivity index (χ2v) is 6.35. The van der Waals surface area contributed by atoms with Gasteiger partial charge in [-0.05, 0) is 36.4 Å². The van der Waals surface area contributed by atoms with Crippen molar-refractivity contribution in [2.45, 2.75) is 19.0 Å². The second-order valence-electron chi connectivity index (χ2n) is 5.51. The maximum absolute atomic E-state index is 12.8. The number of nitrogens with one attached hydrogen (secondary N) is 1. The highest BCUT2D eigenvalue weighted by molar-refractivity contribution is 6.31. The Morgan fingerprint density at radius 2 is 1.78 bits per heavy atom. The number of ether oxygens (including phenoxy) is 1. The Labute approximate surface area is 163 Å². The number of hydrogen-bond donors (Lipinski definition) is 1. The van der Waals surface area contributed by atoms with E-state index in [0.29, 0.717) is 10.8 Å². The van der Waals surface area contributed by atoms with Crippen molar-refractivity contribution >= 4 is 40.6 Å². The Hall–Kier alpha value is -2.25. The third kappa shape index (κ3) is 5.61. The van der Waals surface area contributed by atoms with E-state index >= 15 is 0 Å². The Balaban J connectivity index is 2.03. The molecule has 0 aliphatic carbocycles. The van der Waals surface area contributed by atoms with Crippen molar-refractivity contribution < 1.29 is 27.5 Å². The number of Topliss-reactive ketones (excluding diaryl/α,β-unsaturated/α-hetero) is 1. The highest BCUT2D eigenvalue weighted by atomic mass is 35.5. The minimum Gasteiger partial charge on any atom is -0.496 e. The zero-order valence-electron chi connectivity index (χ0n) is 14.0. The molecule has 2 aromatic carbocycles. The van der Waals surface area contributed by atoms with E-state index in [2.05, 4.69) is 5.32 Å². The molecule has 0 aliphatic heterocycles. The minimum absolute atomic E-state index is 0.0653. The van der Waals surface area contributed by atoms with E-state index in [0.717, 1.165) is 12.1 Å². The van der Waals surface area contributed by atoms with Crippen LogP contribution >= 0.6 is 23.2 Å². The Bertz CT molecular complexity index is 869. The number of ketones is 1. The van der Waals surface area contributed by atoms with Gasteiger partial charge in [0.15, 0.2) is 5.78 Å². The zero-order valence-corrected chi connectivity index (χ0v) is 15.5. The van der Waals surface area contributed by atoms with E-state index in [4.69, 9.17) is 27.9 Å². The molecule has 2 rings (SSSR count). The van der Waals surface area contributed by atoms with Crippen LogP contribution in [0.15, 0.2) is 36.4 Å². The molecule has 4 nitrogen and oxygen atoms in total. The average molecular weight is 420 g/mol. The van der Waals surface area contributed by atoms with Crippen LogP contribution in [0.2, 0.25) is 10.0 Å². The van der Waals surface area contributed by atoms with Gasteiger partial charge in [0.25, 0.3) is 0 Å². The van der Waals surface area contributed by atoms with Crippen LogP contribution in [-0.2, 0) is 11.0 Å². The monoisotopic (exact) mass is 419 g/mol. The van der Waals surface area contributed by atoms with Crippen molar-refractivity contribution in [1.82, 2.24) is 0 Å². The van der Waals surface area contributed by atoms with Crippen LogP contribution in [0.3, 0.4) is 0 Å². The first kappa shape index (κ1) is 21.1. The van der Waals surface area contributed by atoms with E-state index in [1.165, 1.54) is 25.3 Å². The molecule has 0 bridgehead atoms. The molecule has 0 heterocycles. The first-order chi connectivity index (χ1) is 12.6. The van der Waals surface area contributed by atoms with Crippen molar-refractivity contribution in [2.24, 2.45) is 0 Å². The molecule has 1 N–H and O–H groups in total. The van der Waals surface area contributed by atoms with Gasteiger partial charge in [-0.15, -0.1) is 0 Å². The van der Waals surface area contributed by atoms with Gasteiger partial charge < -0.3 is 10.1 Å². The van der Waals surface area contributed by atoms with Crippen LogP contribution in [0.4, 0.5) is 18.9 Å². The molecule has 0 unspecified atom stereocenters. The van der Waals surface area contributed by atoms with Gasteiger partial charge >= 0.3 is 6.18 Å². The molecule has 0 spiro atoms. The molecular weight excluding hydrogens is 406 g/mol. The van der Waals surface area contributed by atoms with Crippen molar-refractivity contribution in [3.8, 4) is 5.75 Å². The van der Waals surface area contributed by atoms with E-state index in [1.807, 2.05) is 0 Å². The van der Waals surface area contributed by atoms with Gasteiger partial charge in [0.1, 0.15) is 5.75 Å². The Morgan fingerprint density at radius 3 is 2.41 bits per heavy atom. The van der Waals surface area contributed by atoms with Crippen molar-refractivity contribution in [1.29, 1.82) is 0 Å². The molecule has 27 heavy (non-hydrogen) atoms. The molecular formula is C18H14Cl2F3NO3. The largest absolute Gasteiger partial charge is 0.496 e. The maximum atomic E-state index is 12.8. The standard InChI is InChI=1S/C18H14Cl2F3NO3/c1-27-16-6-2-10(19)8-12(16)15(25)5-7-17(26)24-11-3-4-14(20)13(9-11)18(21,22)23/h2-4,6,8-9H,5,7H2,1H3,(H,24,26). The lowest BCUT2D eigenvalue weighted by Gasteiger charge is -2.12. The van der Waals surface area contributed by atoms with E-state index in [9.17, 15) is 22.8 Å². The Kier molecular flexibility index (Phi) is 6.73. The normalized spacial score (nSPS) is 11.2. The third-order valence-electron chi connectivity index (χ3n) is 3.60. The molecule has 144 valence electrons. The molecule has 0 aromatic heterocycles. The molecule has 0 aliphatic rings. The highest BCUT2D eigenvalue weighted by Gasteiger charge is 2.33. The SMILES string of the molecule is COc1ccc(Cl)cc1C(=O)CCC(=O)Nc1ccc(Cl)c(C(F)(F)F)c1. The molecule has 0 saturated heterocycles.